The largest absolute Gasteiger partial charge is 2.00 e. The molecule has 0 unspecified atom stereocenters. The van der Waals surface area contributed by atoms with Crippen LogP contribution in [0, 0.1) is 154 Å². The van der Waals surface area contributed by atoms with Crippen LogP contribution >= 0.6 is 0 Å². The van der Waals surface area contributed by atoms with E-state index in [1.54, 1.807) is 0 Å². The van der Waals surface area contributed by atoms with Crippen LogP contribution in [-0.4, -0.2) is 38.4 Å². The quantitative estimate of drug-likeness (QED) is 0.0900. The van der Waals surface area contributed by atoms with Crippen molar-refractivity contribution in [3.63, 3.8) is 0 Å². The van der Waals surface area contributed by atoms with Gasteiger partial charge in [-0.3, -0.25) is 11.4 Å². The van der Waals surface area contributed by atoms with Gasteiger partial charge >= 0.3 is 52.4 Å². The molecular weight excluding hydrogens is 1320 g/mol. The number of hydrogen-bond acceptors (Lipinski definition) is 2. The first-order valence-electron chi connectivity index (χ1n) is 32.1. The van der Waals surface area contributed by atoms with E-state index in [-0.39, 0.29) is 52.4 Å². The molecule has 2 nitrogen and oxygen atoms in total. The monoisotopic (exact) mass is 1410 g/mol. The molecule has 0 amide bonds. The van der Waals surface area contributed by atoms with Crippen LogP contribution in [0.15, 0.2) is 243 Å². The van der Waals surface area contributed by atoms with Crippen molar-refractivity contribution in [1.82, 2.24) is 9.97 Å². The van der Waals surface area contributed by atoms with Gasteiger partial charge in [0.05, 0.1) is 0 Å². The van der Waals surface area contributed by atoms with E-state index in [0.29, 0.717) is 0 Å². The molecule has 465 valence electrons. The first-order valence-corrected chi connectivity index (χ1v) is 39.1. The normalized spacial score (nSPS) is 14.4. The minimum absolute atomic E-state index is 0. The summed E-state index contributed by atoms with van der Waals surface area (Å²) in [5.41, 5.74) is 24.2. The third-order valence-electron chi connectivity index (χ3n) is 15.6. The van der Waals surface area contributed by atoms with E-state index < -0.39 is 28.4 Å². The van der Waals surface area contributed by atoms with E-state index in [9.17, 15) is 0 Å². The average Bonchev–Trinajstić information content (AvgIpc) is 0.856. The molecule has 0 atom stereocenters. The number of rotatable bonds is 12. The molecule has 8 aromatic carbocycles. The zero-order valence-electron chi connectivity index (χ0n) is 56.6. The Kier molecular flexibility index (Phi) is 35.7. The first kappa shape index (κ1) is 79.3. The Morgan fingerprint density at radius 3 is 0.564 bits per heavy atom. The van der Waals surface area contributed by atoms with Gasteiger partial charge in [-0.25, -0.2) is 11.1 Å². The van der Waals surface area contributed by atoms with Crippen molar-refractivity contribution in [3.8, 4) is 0 Å². The Morgan fingerprint density at radius 2 is 0.436 bits per heavy atom. The minimum Gasteiger partial charge on any atom is -0.363 e. The van der Waals surface area contributed by atoms with Gasteiger partial charge in [0.1, 0.15) is 12.3 Å². The second-order valence-electron chi connectivity index (χ2n) is 24.9. The molecule has 4 aliphatic rings. The topological polar surface area (TPSA) is 25.8 Å². The number of aromatic nitrogens is 2. The van der Waals surface area contributed by atoms with E-state index in [1.165, 1.54) is 43.7 Å². The molecule has 21 radical (unpaired) electrons. The summed E-state index contributed by atoms with van der Waals surface area (Å²) in [6, 6.07) is 87.1. The van der Waals surface area contributed by atoms with E-state index >= 15 is 0 Å². The third kappa shape index (κ3) is 24.6. The summed E-state index contributed by atoms with van der Waals surface area (Å²) in [5.74, 6) is 0. The van der Waals surface area contributed by atoms with Gasteiger partial charge in [0.2, 0.25) is 0 Å². The number of allylic oxidation sites excluding steroid dienone is 2. The van der Waals surface area contributed by atoms with Gasteiger partial charge < -0.3 is 9.97 Å². The maximum Gasteiger partial charge on any atom is 2.00 e. The fourth-order valence-corrected chi connectivity index (χ4v) is 14.5. The molecule has 1 aromatic heterocycles. The smallest absolute Gasteiger partial charge is 0.363 e. The maximum absolute atomic E-state index is 4.82. The molecule has 0 saturated heterocycles. The Bertz CT molecular complexity index is 2890. The zero-order valence-corrected chi connectivity index (χ0v) is 63.5. The van der Waals surface area contributed by atoms with Crippen molar-refractivity contribution in [2.24, 2.45) is 0 Å². The molecule has 0 bridgehead atoms. The van der Waals surface area contributed by atoms with Gasteiger partial charge in [0, 0.05) is 0 Å². The zero-order chi connectivity index (χ0) is 65.3. The minimum atomic E-state index is -1.38. The van der Waals surface area contributed by atoms with Crippen LogP contribution in [-0.2, 0) is 52.4 Å². The van der Waals surface area contributed by atoms with Crippen molar-refractivity contribution in [2.45, 2.75) is 67.0 Å². The van der Waals surface area contributed by atoms with Crippen LogP contribution in [0.1, 0.15) is 36.6 Å². The number of benzene rings is 8. The third-order valence-corrected chi connectivity index (χ3v) is 17.9. The molecule has 0 N–H and O–H groups in total. The van der Waals surface area contributed by atoms with Gasteiger partial charge in [-0.05, 0) is 170 Å². The van der Waals surface area contributed by atoms with Gasteiger partial charge in [0.25, 0.3) is 0 Å². The van der Waals surface area contributed by atoms with E-state index in [2.05, 4.69) is 314 Å². The number of aryl methyl sites for hydroxylation is 2. The molecule has 4 fully saturated rings. The van der Waals surface area contributed by atoms with Crippen molar-refractivity contribution >= 4 is 83.3 Å². The summed E-state index contributed by atoms with van der Waals surface area (Å²) in [5, 5.41) is 0. The van der Waals surface area contributed by atoms with Crippen molar-refractivity contribution < 1.29 is 52.4 Å². The summed E-state index contributed by atoms with van der Waals surface area (Å²) < 4.78 is 0. The number of nitrogens with zero attached hydrogens (tertiary/aromatic N) is 2. The summed E-state index contributed by atoms with van der Waals surface area (Å²) >= 11 is 0. The molecule has 1 heterocycles. The Balaban J connectivity index is 0.000000219. The molecular formula is C86H89B2N2Si2Zr2. The van der Waals surface area contributed by atoms with Crippen LogP contribution in [0.25, 0.3) is 11.1 Å². The Labute approximate surface area is 612 Å². The van der Waals surface area contributed by atoms with E-state index in [0.717, 1.165) is 33.9 Å². The fraction of sp³-hybridized carbons (Fsp3) is 0.116. The SMILES string of the molecule is CC(=[C-][Si](C)(C)C)c1nc(C)c(C(C)=[C-][Si](C)(C)C)nc1C.[CH]1[CH][CH][CH][CH]1.[CH]1[CH][CH][CH][CH]1.[CH]1[CH][CH][CH][CH]1.[C]1[CH][CH][CH][CH]1.[Zr+2].[Zr+2].c1ccc([B-](c2ccccc2)(c2ccccc2)c2ccccc2)cc1.c1ccc([B-](c2ccccc2)(c2ccccc2)c2ccccc2)cc1. The predicted molar refractivity (Wildman–Crippen MR) is 408 cm³/mol. The van der Waals surface area contributed by atoms with Gasteiger partial charge in [0.15, 0.2) is 0 Å². The van der Waals surface area contributed by atoms with Gasteiger partial charge in [-0.15, -0.1) is 0 Å². The molecule has 0 aliphatic heterocycles. The molecule has 9 aromatic rings. The average molecular weight is 1410 g/mol. The van der Waals surface area contributed by atoms with Crippen LogP contribution in [0.5, 0.6) is 0 Å². The summed E-state index contributed by atoms with van der Waals surface area (Å²) in [6.45, 7) is 22.0. The molecule has 13 rings (SSSR count). The van der Waals surface area contributed by atoms with E-state index in [1.807, 2.05) is 136 Å². The second-order valence-corrected chi connectivity index (χ2v) is 34.4. The van der Waals surface area contributed by atoms with Crippen LogP contribution in [0.2, 0.25) is 39.3 Å². The Hall–Kier alpha value is -5.35. The summed E-state index contributed by atoms with van der Waals surface area (Å²) in [6.07, 6.45) is 38.1. The van der Waals surface area contributed by atoms with Crippen molar-refractivity contribution in [3.05, 3.63) is 405 Å². The number of hydrogen-bond donors (Lipinski definition) is 0. The van der Waals surface area contributed by atoms with Crippen LogP contribution < -0.4 is 43.7 Å². The molecule has 0 spiro atoms. The van der Waals surface area contributed by atoms with Crippen LogP contribution in [0.3, 0.4) is 0 Å². The molecule has 8 heteroatoms. The summed E-state index contributed by atoms with van der Waals surface area (Å²) in [4.78, 5) is 9.65. The maximum atomic E-state index is 4.82. The van der Waals surface area contributed by atoms with E-state index in [4.69, 9.17) is 9.97 Å². The second kappa shape index (κ2) is 42.4. The molecule has 94 heavy (non-hydrogen) atoms. The molecule has 4 saturated carbocycles. The standard InChI is InChI=1S/2C24H20B.C18H30N2Si2.3C5H5.C5H4.2Zr/c2*1-5-13-21(14-6-1)25(22-15-7-2-8-16-22,23-17-9-3-10-18-23)24-19-11-4-12-20-24;1-13(11-21(5,6)7)17-15(3)20-18(16(4)19-17)14(2)12-22(8,9)10;4*1-2-4-5-3-1;;/h2*1-20H;1-10H3;3*1-5H;1-4H;;/q2*-1;-2;;;;;2*+2. The van der Waals surface area contributed by atoms with Crippen molar-refractivity contribution in [2.75, 3.05) is 0 Å². The Morgan fingerprint density at radius 1 is 0.277 bits per heavy atom. The predicted octanol–water partition coefficient (Wildman–Crippen LogP) is 15.3. The van der Waals surface area contributed by atoms with Gasteiger partial charge in [-0.1, -0.05) is 307 Å². The fourth-order valence-electron chi connectivity index (χ4n) is 12.0. The van der Waals surface area contributed by atoms with Crippen LogP contribution in [0.4, 0.5) is 0 Å². The molecule has 4 aliphatic carbocycles. The van der Waals surface area contributed by atoms with Crippen molar-refractivity contribution in [1.29, 1.82) is 0 Å². The first-order chi connectivity index (χ1) is 44.6. The summed E-state index contributed by atoms with van der Waals surface area (Å²) in [7, 11) is -2.75. The van der Waals surface area contributed by atoms with Gasteiger partial charge in [-0.2, -0.15) is 43.7 Å².